The minimum atomic E-state index is 0.00722. The van der Waals surface area contributed by atoms with Crippen LogP contribution in [0.1, 0.15) is 5.56 Å². The molecule has 0 atom stereocenters. The Bertz CT molecular complexity index is 1070. The lowest BCUT2D eigenvalue weighted by Crippen LogP contribution is -2.49. The standard InChI is InChI=1S/C21H23N5O2S/c1-15-6-8-16(9-7-15)20-22-23-21(29)26(20)14-19(28)25-12-10-24(11-13-25)17-4-2-3-5-18(17)27/h2-9,27H,10-14H2,1H3,(H,23,29). The van der Waals surface area contributed by atoms with Gasteiger partial charge in [-0.25, -0.2) is 0 Å². The minimum absolute atomic E-state index is 0.00722. The predicted molar refractivity (Wildman–Crippen MR) is 114 cm³/mol. The summed E-state index contributed by atoms with van der Waals surface area (Å²) in [6.45, 7) is 4.71. The second-order valence-electron chi connectivity index (χ2n) is 7.16. The van der Waals surface area contributed by atoms with Crippen molar-refractivity contribution in [2.24, 2.45) is 0 Å². The quantitative estimate of drug-likeness (QED) is 0.648. The zero-order chi connectivity index (χ0) is 20.4. The Labute approximate surface area is 174 Å². The minimum Gasteiger partial charge on any atom is -0.506 e. The average molecular weight is 410 g/mol. The normalized spacial score (nSPS) is 14.2. The molecule has 7 nitrogen and oxygen atoms in total. The largest absolute Gasteiger partial charge is 0.506 e. The number of nitrogens with zero attached hydrogens (tertiary/aromatic N) is 4. The second kappa shape index (κ2) is 8.08. The first kappa shape index (κ1) is 19.2. The number of piperazine rings is 1. The molecule has 8 heteroatoms. The summed E-state index contributed by atoms with van der Waals surface area (Å²) < 4.78 is 2.18. The summed E-state index contributed by atoms with van der Waals surface area (Å²) in [4.78, 5) is 16.8. The number of carbonyl (C=O) groups is 1. The Morgan fingerprint density at radius 3 is 2.48 bits per heavy atom. The first-order valence-corrected chi connectivity index (χ1v) is 9.97. The second-order valence-corrected chi connectivity index (χ2v) is 7.55. The van der Waals surface area contributed by atoms with Gasteiger partial charge in [0.15, 0.2) is 10.6 Å². The molecule has 1 aliphatic rings. The first-order valence-electron chi connectivity index (χ1n) is 9.56. The van der Waals surface area contributed by atoms with Gasteiger partial charge in [0.25, 0.3) is 0 Å². The lowest BCUT2D eigenvalue weighted by atomic mass is 10.1. The maximum atomic E-state index is 12.9. The van der Waals surface area contributed by atoms with Crippen molar-refractivity contribution < 1.29 is 9.90 Å². The molecular weight excluding hydrogens is 386 g/mol. The van der Waals surface area contributed by atoms with E-state index in [4.69, 9.17) is 12.2 Å². The summed E-state index contributed by atoms with van der Waals surface area (Å²) in [6, 6.07) is 15.3. The number of H-pyrrole nitrogens is 1. The van der Waals surface area contributed by atoms with Crippen LogP contribution >= 0.6 is 12.2 Å². The van der Waals surface area contributed by atoms with Gasteiger partial charge in [-0.1, -0.05) is 42.0 Å². The molecule has 3 aromatic rings. The zero-order valence-corrected chi connectivity index (χ0v) is 17.0. The number of phenols is 1. The molecule has 0 bridgehead atoms. The molecule has 0 radical (unpaired) electrons. The molecule has 2 N–H and O–H groups in total. The zero-order valence-electron chi connectivity index (χ0n) is 16.2. The summed E-state index contributed by atoms with van der Waals surface area (Å²) in [5, 5.41) is 17.2. The summed E-state index contributed by atoms with van der Waals surface area (Å²) in [6.07, 6.45) is 0. The van der Waals surface area contributed by atoms with Gasteiger partial charge in [0, 0.05) is 31.7 Å². The molecule has 0 spiro atoms. The highest BCUT2D eigenvalue weighted by atomic mass is 32.1. The van der Waals surface area contributed by atoms with Gasteiger partial charge in [-0.2, -0.15) is 5.10 Å². The number of carbonyl (C=O) groups excluding carboxylic acids is 1. The van der Waals surface area contributed by atoms with Crippen LogP contribution in [-0.4, -0.2) is 56.9 Å². The fourth-order valence-corrected chi connectivity index (χ4v) is 3.75. The van der Waals surface area contributed by atoms with Gasteiger partial charge >= 0.3 is 0 Å². The van der Waals surface area contributed by atoms with Crippen LogP contribution in [0.2, 0.25) is 0 Å². The van der Waals surface area contributed by atoms with Crippen molar-refractivity contribution in [2.75, 3.05) is 31.1 Å². The van der Waals surface area contributed by atoms with E-state index in [-0.39, 0.29) is 18.2 Å². The first-order chi connectivity index (χ1) is 14.0. The molecule has 1 amide bonds. The Morgan fingerprint density at radius 1 is 1.10 bits per heavy atom. The number of nitrogens with one attached hydrogen (secondary N) is 1. The SMILES string of the molecule is Cc1ccc(-c2n[nH]c(=S)n2CC(=O)N2CCN(c3ccccc3O)CC2)cc1. The number of aromatic amines is 1. The van der Waals surface area contributed by atoms with Gasteiger partial charge in [0.1, 0.15) is 12.3 Å². The molecule has 0 unspecified atom stereocenters. The topological polar surface area (TPSA) is 77.4 Å². The summed E-state index contributed by atoms with van der Waals surface area (Å²) in [5.74, 6) is 0.934. The van der Waals surface area contributed by atoms with Crippen molar-refractivity contribution in [3.8, 4) is 17.1 Å². The van der Waals surface area contributed by atoms with Crippen molar-refractivity contribution in [3.63, 3.8) is 0 Å². The Kier molecular flexibility index (Phi) is 5.35. The van der Waals surface area contributed by atoms with Gasteiger partial charge in [-0.05, 0) is 31.3 Å². The molecule has 150 valence electrons. The van der Waals surface area contributed by atoms with E-state index < -0.39 is 0 Å². The number of aryl methyl sites for hydroxylation is 1. The number of rotatable bonds is 4. The Hall–Kier alpha value is -3.13. The van der Waals surface area contributed by atoms with E-state index in [9.17, 15) is 9.90 Å². The van der Waals surface area contributed by atoms with Gasteiger partial charge in [-0.3, -0.25) is 14.5 Å². The van der Waals surface area contributed by atoms with E-state index in [1.165, 1.54) is 0 Å². The Morgan fingerprint density at radius 2 is 1.79 bits per heavy atom. The van der Waals surface area contributed by atoms with E-state index in [1.54, 1.807) is 16.7 Å². The number of aromatic hydroxyl groups is 1. The van der Waals surface area contributed by atoms with Gasteiger partial charge in [-0.15, -0.1) is 0 Å². The molecule has 4 rings (SSSR count). The number of aromatic nitrogens is 3. The maximum absolute atomic E-state index is 12.9. The average Bonchev–Trinajstić information content (AvgIpc) is 3.09. The van der Waals surface area contributed by atoms with Crippen molar-refractivity contribution >= 4 is 23.8 Å². The number of hydrogen-bond donors (Lipinski definition) is 2. The third-order valence-electron chi connectivity index (χ3n) is 5.22. The lowest BCUT2D eigenvalue weighted by Gasteiger charge is -2.36. The molecule has 1 aliphatic heterocycles. The van der Waals surface area contributed by atoms with Crippen LogP contribution in [0.15, 0.2) is 48.5 Å². The van der Waals surface area contributed by atoms with E-state index in [2.05, 4.69) is 15.1 Å². The summed E-state index contributed by atoms with van der Waals surface area (Å²) in [5.41, 5.74) is 2.88. The van der Waals surface area contributed by atoms with Crippen LogP contribution in [0.25, 0.3) is 11.4 Å². The van der Waals surface area contributed by atoms with E-state index in [0.29, 0.717) is 36.8 Å². The van der Waals surface area contributed by atoms with Crippen LogP contribution in [0.3, 0.4) is 0 Å². The number of anilines is 1. The smallest absolute Gasteiger partial charge is 0.242 e. The monoisotopic (exact) mass is 409 g/mol. The highest BCUT2D eigenvalue weighted by Gasteiger charge is 2.23. The molecule has 2 aromatic carbocycles. The van der Waals surface area contributed by atoms with Crippen LogP contribution in [0.5, 0.6) is 5.75 Å². The molecule has 2 heterocycles. The lowest BCUT2D eigenvalue weighted by molar-refractivity contribution is -0.132. The van der Waals surface area contributed by atoms with E-state index in [1.807, 2.05) is 48.2 Å². The van der Waals surface area contributed by atoms with Gasteiger partial charge in [0.05, 0.1) is 5.69 Å². The molecular formula is C21H23N5O2S. The van der Waals surface area contributed by atoms with Crippen molar-refractivity contribution in [3.05, 3.63) is 58.9 Å². The molecule has 29 heavy (non-hydrogen) atoms. The number of hydrogen-bond acceptors (Lipinski definition) is 5. The highest BCUT2D eigenvalue weighted by molar-refractivity contribution is 7.71. The fraction of sp³-hybridized carbons (Fsp3) is 0.286. The molecule has 0 aliphatic carbocycles. The maximum Gasteiger partial charge on any atom is 0.242 e. The predicted octanol–water partition coefficient (Wildman–Crippen LogP) is 2.97. The molecule has 1 fully saturated rings. The van der Waals surface area contributed by atoms with Gasteiger partial charge < -0.3 is 14.9 Å². The summed E-state index contributed by atoms with van der Waals surface area (Å²) in [7, 11) is 0. The van der Waals surface area contributed by atoms with E-state index in [0.717, 1.165) is 16.8 Å². The van der Waals surface area contributed by atoms with Crippen LogP contribution in [0.4, 0.5) is 5.69 Å². The summed E-state index contributed by atoms with van der Waals surface area (Å²) >= 11 is 5.35. The van der Waals surface area contributed by atoms with Crippen LogP contribution in [0, 0.1) is 11.7 Å². The van der Waals surface area contributed by atoms with Crippen molar-refractivity contribution in [1.82, 2.24) is 19.7 Å². The molecule has 1 saturated heterocycles. The molecule has 0 saturated carbocycles. The number of amides is 1. The third-order valence-corrected chi connectivity index (χ3v) is 5.53. The number of phenolic OH excluding ortho intramolecular Hbond substituents is 1. The molecule has 1 aromatic heterocycles. The fourth-order valence-electron chi connectivity index (χ4n) is 3.55. The van der Waals surface area contributed by atoms with Crippen molar-refractivity contribution in [1.29, 1.82) is 0 Å². The number of benzene rings is 2. The van der Waals surface area contributed by atoms with E-state index >= 15 is 0 Å². The van der Waals surface area contributed by atoms with Crippen LogP contribution in [-0.2, 0) is 11.3 Å². The van der Waals surface area contributed by atoms with Crippen molar-refractivity contribution in [2.45, 2.75) is 13.5 Å². The van der Waals surface area contributed by atoms with Crippen LogP contribution < -0.4 is 4.90 Å². The highest BCUT2D eigenvalue weighted by Crippen LogP contribution is 2.27. The van der Waals surface area contributed by atoms with Gasteiger partial charge in [0.2, 0.25) is 5.91 Å². The number of para-hydroxylation sites is 2. The Balaban J connectivity index is 1.45. The third kappa shape index (κ3) is 4.02.